The van der Waals surface area contributed by atoms with Gasteiger partial charge in [0.2, 0.25) is 11.8 Å². The number of thioether (sulfide) groups is 1. The first kappa shape index (κ1) is 16.6. The Balaban J connectivity index is 1.48. The van der Waals surface area contributed by atoms with Gasteiger partial charge in [0.1, 0.15) is 12.4 Å². The molecule has 0 radical (unpaired) electrons. The molecule has 1 aromatic carbocycles. The Bertz CT molecular complexity index is 979. The number of hydrogen-bond acceptors (Lipinski definition) is 5. The lowest BCUT2D eigenvalue weighted by atomic mass is 10.2. The highest BCUT2D eigenvalue weighted by Gasteiger charge is 2.23. The molecule has 8 heteroatoms. The smallest absolute Gasteiger partial charge is 0.250 e. The van der Waals surface area contributed by atoms with Gasteiger partial charge in [-0.05, 0) is 37.1 Å². The minimum Gasteiger partial charge on any atom is -0.366 e. The van der Waals surface area contributed by atoms with Crippen LogP contribution in [-0.4, -0.2) is 31.8 Å². The molecule has 1 saturated carbocycles. The van der Waals surface area contributed by atoms with E-state index in [2.05, 4.69) is 21.5 Å². The lowest BCUT2D eigenvalue weighted by molar-refractivity contribution is -0.116. The number of anilines is 1. The summed E-state index contributed by atoms with van der Waals surface area (Å²) in [5, 5.41) is 8.84. The molecule has 2 heterocycles. The second-order valence-electron chi connectivity index (χ2n) is 6.15. The van der Waals surface area contributed by atoms with Crippen LogP contribution in [0.4, 0.5) is 5.82 Å². The summed E-state index contributed by atoms with van der Waals surface area (Å²) < 4.78 is 1.68. The van der Waals surface area contributed by atoms with Gasteiger partial charge in [-0.2, -0.15) is 5.10 Å². The van der Waals surface area contributed by atoms with Crippen LogP contribution in [0.3, 0.4) is 0 Å². The third kappa shape index (κ3) is 3.55. The number of aromatic nitrogens is 3. The Morgan fingerprint density at radius 1 is 1.23 bits per heavy atom. The number of carbonyl (C=O) groups is 2. The molecule has 7 nitrogen and oxygen atoms in total. The van der Waals surface area contributed by atoms with Gasteiger partial charge in [-0.15, -0.1) is 11.8 Å². The molecule has 1 aliphatic carbocycles. The molecule has 3 aromatic rings. The van der Waals surface area contributed by atoms with E-state index in [1.807, 2.05) is 30.1 Å². The van der Waals surface area contributed by atoms with Crippen LogP contribution in [0.15, 0.2) is 47.6 Å². The number of pyridine rings is 1. The van der Waals surface area contributed by atoms with Crippen molar-refractivity contribution in [2.24, 2.45) is 5.73 Å². The number of nitrogens with one attached hydrogen (secondary N) is 1. The molecule has 0 spiro atoms. The second-order valence-corrected chi connectivity index (χ2v) is 7.50. The number of primary amides is 1. The van der Waals surface area contributed by atoms with Crippen LogP contribution in [0.5, 0.6) is 0 Å². The van der Waals surface area contributed by atoms with E-state index in [1.165, 1.54) is 30.0 Å². The molecule has 4 rings (SSSR count). The molecule has 3 N–H and O–H groups in total. The van der Waals surface area contributed by atoms with Crippen LogP contribution in [0.2, 0.25) is 0 Å². The molecular formula is C18H17N5O2S. The largest absolute Gasteiger partial charge is 0.366 e. The van der Waals surface area contributed by atoms with E-state index in [4.69, 9.17) is 5.73 Å². The summed E-state index contributed by atoms with van der Waals surface area (Å²) in [5.41, 5.74) is 6.40. The lowest BCUT2D eigenvalue weighted by Crippen LogP contribution is -2.20. The predicted octanol–water partition coefficient (Wildman–Crippen LogP) is 2.42. The number of benzene rings is 1. The van der Waals surface area contributed by atoms with Crippen molar-refractivity contribution in [3.05, 3.63) is 48.3 Å². The van der Waals surface area contributed by atoms with Crippen LogP contribution in [0, 0.1) is 0 Å². The van der Waals surface area contributed by atoms with E-state index in [1.54, 1.807) is 10.7 Å². The third-order valence-electron chi connectivity index (χ3n) is 4.07. The Labute approximate surface area is 154 Å². The summed E-state index contributed by atoms with van der Waals surface area (Å²) in [7, 11) is 0. The Kier molecular flexibility index (Phi) is 4.34. The van der Waals surface area contributed by atoms with Crippen molar-refractivity contribution >= 4 is 40.3 Å². The first-order chi connectivity index (χ1) is 12.6. The van der Waals surface area contributed by atoms with Crippen LogP contribution in [-0.2, 0) is 11.3 Å². The van der Waals surface area contributed by atoms with Gasteiger partial charge in [0.15, 0.2) is 0 Å². The predicted molar refractivity (Wildman–Crippen MR) is 100.0 cm³/mol. The molecular weight excluding hydrogens is 350 g/mol. The zero-order valence-electron chi connectivity index (χ0n) is 13.9. The first-order valence-electron chi connectivity index (χ1n) is 8.27. The third-order valence-corrected chi connectivity index (χ3v) is 5.49. The topological polar surface area (TPSA) is 103 Å². The van der Waals surface area contributed by atoms with Crippen molar-refractivity contribution in [2.45, 2.75) is 29.5 Å². The second kappa shape index (κ2) is 6.80. The van der Waals surface area contributed by atoms with Crippen LogP contribution >= 0.6 is 11.8 Å². The van der Waals surface area contributed by atoms with Crippen LogP contribution < -0.4 is 11.1 Å². The van der Waals surface area contributed by atoms with Gasteiger partial charge in [0.05, 0.1) is 17.3 Å². The maximum absolute atomic E-state index is 12.3. The number of fused-ring (bicyclic) bond motifs is 1. The van der Waals surface area contributed by atoms with E-state index in [9.17, 15) is 9.59 Å². The highest BCUT2D eigenvalue weighted by Crippen LogP contribution is 2.41. The Morgan fingerprint density at radius 3 is 2.77 bits per heavy atom. The number of rotatable bonds is 6. The highest BCUT2D eigenvalue weighted by atomic mass is 32.2. The van der Waals surface area contributed by atoms with Gasteiger partial charge in [-0.3, -0.25) is 14.3 Å². The Hall–Kier alpha value is -2.87. The zero-order chi connectivity index (χ0) is 18.1. The van der Waals surface area contributed by atoms with E-state index in [-0.39, 0.29) is 12.5 Å². The van der Waals surface area contributed by atoms with Crippen molar-refractivity contribution in [1.29, 1.82) is 0 Å². The SMILES string of the molecule is NC(=O)c1ccc(NC(=O)Cn2ncc3c(SC4CC4)cccc32)nc1. The summed E-state index contributed by atoms with van der Waals surface area (Å²) in [5.74, 6) is -0.436. The molecule has 26 heavy (non-hydrogen) atoms. The van der Waals surface area contributed by atoms with Crippen molar-refractivity contribution in [2.75, 3.05) is 5.32 Å². The maximum atomic E-state index is 12.3. The molecule has 0 bridgehead atoms. The zero-order valence-corrected chi connectivity index (χ0v) is 14.7. The number of amides is 2. The normalized spacial score (nSPS) is 13.7. The van der Waals surface area contributed by atoms with E-state index >= 15 is 0 Å². The Morgan fingerprint density at radius 2 is 2.08 bits per heavy atom. The quantitative estimate of drug-likeness (QED) is 0.696. The lowest BCUT2D eigenvalue weighted by Gasteiger charge is -2.07. The fourth-order valence-corrected chi connectivity index (χ4v) is 3.78. The number of carbonyl (C=O) groups excluding carboxylic acids is 2. The van der Waals surface area contributed by atoms with E-state index in [0.717, 1.165) is 10.9 Å². The van der Waals surface area contributed by atoms with Gasteiger partial charge in [-0.1, -0.05) is 6.07 Å². The summed E-state index contributed by atoms with van der Waals surface area (Å²) >= 11 is 1.88. The number of hydrogen-bond donors (Lipinski definition) is 2. The van der Waals surface area contributed by atoms with E-state index in [0.29, 0.717) is 16.6 Å². The molecule has 0 aliphatic heterocycles. The molecule has 1 fully saturated rings. The van der Waals surface area contributed by atoms with Crippen molar-refractivity contribution in [3.63, 3.8) is 0 Å². The summed E-state index contributed by atoms with van der Waals surface area (Å²) in [4.78, 5) is 28.6. The van der Waals surface area contributed by atoms with E-state index < -0.39 is 5.91 Å². The molecule has 2 amide bonds. The minimum absolute atomic E-state index is 0.0836. The van der Waals surface area contributed by atoms with Gasteiger partial charge < -0.3 is 11.1 Å². The van der Waals surface area contributed by atoms with Crippen molar-refractivity contribution in [1.82, 2.24) is 14.8 Å². The van der Waals surface area contributed by atoms with Gasteiger partial charge in [0.25, 0.3) is 0 Å². The van der Waals surface area contributed by atoms with Crippen molar-refractivity contribution in [3.8, 4) is 0 Å². The average Bonchev–Trinajstić information content (AvgIpc) is 3.35. The standard InChI is InChI=1S/C18H17N5O2S/c19-18(25)11-4-7-16(20-8-11)22-17(24)10-23-14-2-1-3-15(13(14)9-21-23)26-12-5-6-12/h1-4,7-9,12H,5-6,10H2,(H2,19,25)(H,20,22,24). The molecule has 132 valence electrons. The van der Waals surface area contributed by atoms with Gasteiger partial charge >= 0.3 is 0 Å². The summed E-state index contributed by atoms with van der Waals surface area (Å²) in [6.45, 7) is 0.0836. The number of nitrogens with zero attached hydrogens (tertiary/aromatic N) is 3. The van der Waals surface area contributed by atoms with Crippen LogP contribution in [0.1, 0.15) is 23.2 Å². The molecule has 0 saturated heterocycles. The van der Waals surface area contributed by atoms with Gasteiger partial charge in [-0.25, -0.2) is 4.98 Å². The average molecular weight is 367 g/mol. The molecule has 2 aromatic heterocycles. The first-order valence-corrected chi connectivity index (χ1v) is 9.15. The number of nitrogens with two attached hydrogens (primary N) is 1. The minimum atomic E-state index is -0.557. The fraction of sp³-hybridized carbons (Fsp3) is 0.222. The summed E-state index contributed by atoms with van der Waals surface area (Å²) in [6, 6.07) is 9.13. The maximum Gasteiger partial charge on any atom is 0.250 e. The monoisotopic (exact) mass is 367 g/mol. The highest BCUT2D eigenvalue weighted by molar-refractivity contribution is 8.00. The molecule has 0 unspecified atom stereocenters. The fourth-order valence-electron chi connectivity index (χ4n) is 2.60. The van der Waals surface area contributed by atoms with Crippen molar-refractivity contribution < 1.29 is 9.59 Å². The van der Waals surface area contributed by atoms with Gasteiger partial charge in [0, 0.05) is 21.7 Å². The summed E-state index contributed by atoms with van der Waals surface area (Å²) in [6.07, 6.45) is 5.67. The molecule has 0 atom stereocenters. The van der Waals surface area contributed by atoms with Crippen LogP contribution in [0.25, 0.3) is 10.9 Å². The molecule has 1 aliphatic rings.